The zero-order valence-corrected chi connectivity index (χ0v) is 8.33. The number of hydrogen-bond acceptors (Lipinski definition) is 2. The maximum absolute atomic E-state index is 12.8. The summed E-state index contributed by atoms with van der Waals surface area (Å²) in [6, 6.07) is 1.48. The molecule has 0 aromatic heterocycles. The summed E-state index contributed by atoms with van der Waals surface area (Å²) in [6.07, 6.45) is 0. The van der Waals surface area contributed by atoms with Crippen LogP contribution in [0.2, 0.25) is 0 Å². The van der Waals surface area contributed by atoms with E-state index in [1.165, 1.54) is 6.92 Å². The fourth-order valence-electron chi connectivity index (χ4n) is 0.979. The molecule has 0 aliphatic carbocycles. The summed E-state index contributed by atoms with van der Waals surface area (Å²) in [5.74, 6) is -4.21. The number of carboxylic acids is 1. The van der Waals surface area contributed by atoms with E-state index in [1.807, 2.05) is 0 Å². The third-order valence-electron chi connectivity index (χ3n) is 1.90. The van der Waals surface area contributed by atoms with Crippen molar-refractivity contribution in [2.75, 3.05) is 0 Å². The van der Waals surface area contributed by atoms with Gasteiger partial charge in [0.25, 0.3) is 5.91 Å². The minimum Gasteiger partial charge on any atom is -0.480 e. The minimum atomic E-state index is -1.21. The van der Waals surface area contributed by atoms with Gasteiger partial charge in [-0.15, -0.1) is 0 Å². The smallest absolute Gasteiger partial charge is 0.325 e. The van der Waals surface area contributed by atoms with E-state index in [-0.39, 0.29) is 5.56 Å². The molecule has 0 spiro atoms. The van der Waals surface area contributed by atoms with E-state index >= 15 is 0 Å². The number of halogens is 2. The molecule has 6 heteroatoms. The van der Waals surface area contributed by atoms with Crippen molar-refractivity contribution >= 4 is 11.9 Å². The molecule has 1 atom stereocenters. The summed E-state index contributed by atoms with van der Waals surface area (Å²) >= 11 is 0. The second-order valence-corrected chi connectivity index (χ2v) is 3.16. The van der Waals surface area contributed by atoms with Gasteiger partial charge in [-0.25, -0.2) is 8.78 Å². The van der Waals surface area contributed by atoms with Gasteiger partial charge in [-0.2, -0.15) is 0 Å². The van der Waals surface area contributed by atoms with E-state index in [2.05, 4.69) is 5.32 Å². The molecule has 0 radical (unpaired) electrons. The standard InChI is InChI=1S/C10H9F2NO3/c1-5(10(15)16)13-9(14)6-2-3-7(11)8(12)4-6/h2-5H,1H3,(H,13,14)(H,15,16). The SMILES string of the molecule is CC(NC(=O)c1ccc(F)c(F)c1)C(=O)O. The highest BCUT2D eigenvalue weighted by Crippen LogP contribution is 2.08. The van der Waals surface area contributed by atoms with Crippen LogP contribution in [0.4, 0.5) is 8.78 Å². The van der Waals surface area contributed by atoms with Crippen molar-refractivity contribution in [3.63, 3.8) is 0 Å². The molecule has 0 aliphatic rings. The number of carbonyl (C=O) groups excluding carboxylic acids is 1. The van der Waals surface area contributed by atoms with Crippen molar-refractivity contribution in [2.45, 2.75) is 13.0 Å². The highest BCUT2D eigenvalue weighted by atomic mass is 19.2. The lowest BCUT2D eigenvalue weighted by Crippen LogP contribution is -2.38. The van der Waals surface area contributed by atoms with E-state index < -0.39 is 29.6 Å². The van der Waals surface area contributed by atoms with E-state index in [4.69, 9.17) is 5.11 Å². The molecule has 2 N–H and O–H groups in total. The Balaban J connectivity index is 2.81. The maximum Gasteiger partial charge on any atom is 0.325 e. The molecule has 0 bridgehead atoms. The van der Waals surface area contributed by atoms with Crippen LogP contribution in [0.25, 0.3) is 0 Å². The lowest BCUT2D eigenvalue weighted by atomic mass is 10.2. The second-order valence-electron chi connectivity index (χ2n) is 3.16. The Hall–Kier alpha value is -1.98. The predicted molar refractivity (Wildman–Crippen MR) is 50.9 cm³/mol. The molecule has 16 heavy (non-hydrogen) atoms. The van der Waals surface area contributed by atoms with E-state index in [1.54, 1.807) is 0 Å². The Labute approximate surface area is 89.9 Å². The summed E-state index contributed by atoms with van der Waals surface area (Å²) in [5.41, 5.74) is -0.132. The van der Waals surface area contributed by atoms with Crippen molar-refractivity contribution in [1.29, 1.82) is 0 Å². The number of nitrogens with one attached hydrogen (secondary N) is 1. The van der Waals surface area contributed by atoms with Crippen LogP contribution >= 0.6 is 0 Å². The number of carboxylic acid groups (broad SMARTS) is 1. The second kappa shape index (κ2) is 4.69. The van der Waals surface area contributed by atoms with Gasteiger partial charge in [0.1, 0.15) is 6.04 Å². The Morgan fingerprint density at radius 2 is 1.94 bits per heavy atom. The average Bonchev–Trinajstić information content (AvgIpc) is 2.21. The van der Waals surface area contributed by atoms with Crippen LogP contribution in [0.1, 0.15) is 17.3 Å². The molecule has 1 rings (SSSR count). The fraction of sp³-hybridized carbons (Fsp3) is 0.200. The van der Waals surface area contributed by atoms with Crippen molar-refractivity contribution in [1.82, 2.24) is 5.32 Å². The van der Waals surface area contributed by atoms with Crippen LogP contribution in [0.5, 0.6) is 0 Å². The fourth-order valence-corrected chi connectivity index (χ4v) is 0.979. The van der Waals surface area contributed by atoms with Gasteiger partial charge in [-0.3, -0.25) is 9.59 Å². The Bertz CT molecular complexity index is 434. The van der Waals surface area contributed by atoms with Crippen LogP contribution in [0.3, 0.4) is 0 Å². The first kappa shape index (κ1) is 12.1. The molecule has 0 saturated heterocycles. The zero-order chi connectivity index (χ0) is 12.3. The third kappa shape index (κ3) is 2.75. The van der Waals surface area contributed by atoms with Crippen LogP contribution in [-0.4, -0.2) is 23.0 Å². The summed E-state index contributed by atoms with van der Waals surface area (Å²) in [4.78, 5) is 21.8. The van der Waals surface area contributed by atoms with E-state index in [0.29, 0.717) is 6.07 Å². The molecule has 86 valence electrons. The number of benzene rings is 1. The van der Waals surface area contributed by atoms with Crippen LogP contribution in [0, 0.1) is 11.6 Å². The number of amides is 1. The monoisotopic (exact) mass is 229 g/mol. The predicted octanol–water partition coefficient (Wildman–Crippen LogP) is 1.17. The summed E-state index contributed by atoms with van der Waals surface area (Å²) in [7, 11) is 0. The first-order valence-corrected chi connectivity index (χ1v) is 4.40. The number of hydrogen-bond donors (Lipinski definition) is 2. The molecule has 1 aromatic rings. The number of aliphatic carboxylic acids is 1. The van der Waals surface area contributed by atoms with Gasteiger partial charge in [-0.05, 0) is 25.1 Å². The lowest BCUT2D eigenvalue weighted by Gasteiger charge is -2.09. The minimum absolute atomic E-state index is 0.132. The molecule has 1 aromatic carbocycles. The van der Waals surface area contributed by atoms with E-state index in [0.717, 1.165) is 12.1 Å². The van der Waals surface area contributed by atoms with Crippen LogP contribution < -0.4 is 5.32 Å². The third-order valence-corrected chi connectivity index (χ3v) is 1.90. The van der Waals surface area contributed by atoms with Crippen molar-refractivity contribution in [3.8, 4) is 0 Å². The lowest BCUT2D eigenvalue weighted by molar-refractivity contribution is -0.138. The van der Waals surface area contributed by atoms with Crippen LogP contribution in [0.15, 0.2) is 18.2 Å². The summed E-state index contributed by atoms with van der Waals surface area (Å²) in [6.45, 7) is 1.26. The molecular formula is C10H9F2NO3. The Morgan fingerprint density at radius 1 is 1.31 bits per heavy atom. The normalized spacial score (nSPS) is 11.9. The topological polar surface area (TPSA) is 66.4 Å². The van der Waals surface area contributed by atoms with Gasteiger partial charge in [0, 0.05) is 5.56 Å². The quantitative estimate of drug-likeness (QED) is 0.817. The summed E-state index contributed by atoms with van der Waals surface area (Å²) < 4.78 is 25.3. The first-order valence-electron chi connectivity index (χ1n) is 4.40. The molecule has 0 saturated carbocycles. The van der Waals surface area contributed by atoms with Crippen LogP contribution in [-0.2, 0) is 4.79 Å². The summed E-state index contributed by atoms with van der Waals surface area (Å²) in [5, 5.41) is 10.6. The highest BCUT2D eigenvalue weighted by molar-refractivity contribution is 5.96. The van der Waals surface area contributed by atoms with Gasteiger partial charge < -0.3 is 10.4 Å². The van der Waals surface area contributed by atoms with Gasteiger partial charge in [0.15, 0.2) is 11.6 Å². The molecule has 1 amide bonds. The molecule has 1 unspecified atom stereocenters. The number of rotatable bonds is 3. The Kier molecular flexibility index (Phi) is 3.55. The maximum atomic E-state index is 12.8. The van der Waals surface area contributed by atoms with Crippen molar-refractivity contribution in [2.24, 2.45) is 0 Å². The van der Waals surface area contributed by atoms with Gasteiger partial charge in [-0.1, -0.05) is 0 Å². The highest BCUT2D eigenvalue weighted by Gasteiger charge is 2.16. The Morgan fingerprint density at radius 3 is 2.44 bits per heavy atom. The first-order chi connectivity index (χ1) is 7.41. The molecule has 0 heterocycles. The van der Waals surface area contributed by atoms with Crippen molar-refractivity contribution in [3.05, 3.63) is 35.4 Å². The molecule has 0 aliphatic heterocycles. The van der Waals surface area contributed by atoms with E-state index in [9.17, 15) is 18.4 Å². The zero-order valence-electron chi connectivity index (χ0n) is 8.33. The van der Waals surface area contributed by atoms with Crippen molar-refractivity contribution < 1.29 is 23.5 Å². The number of carbonyl (C=O) groups is 2. The molecule has 0 fully saturated rings. The van der Waals surface area contributed by atoms with Gasteiger partial charge >= 0.3 is 5.97 Å². The van der Waals surface area contributed by atoms with Gasteiger partial charge in [0.05, 0.1) is 0 Å². The molecule has 4 nitrogen and oxygen atoms in total. The van der Waals surface area contributed by atoms with Gasteiger partial charge in [0.2, 0.25) is 0 Å². The molecular weight excluding hydrogens is 220 g/mol. The largest absolute Gasteiger partial charge is 0.480 e. The average molecular weight is 229 g/mol.